The second kappa shape index (κ2) is 5.66. The highest BCUT2D eigenvalue weighted by molar-refractivity contribution is 6.19. The molecule has 1 spiro atoms. The lowest BCUT2D eigenvalue weighted by molar-refractivity contribution is -0.127. The standard InChI is InChI=1S/C16H18N2O5/c1-10-16(5-7-23-8-6-16)15(21)18(17-10)12-4-3-11(14(19)20)9-13(12)22-2/h3-4,9H,5-8H2,1-2H3,(H,19,20). The fourth-order valence-corrected chi connectivity index (χ4v) is 3.09. The van der Waals surface area contributed by atoms with Crippen LogP contribution >= 0.6 is 0 Å². The number of rotatable bonds is 3. The van der Waals surface area contributed by atoms with Crippen LogP contribution < -0.4 is 9.75 Å². The number of hydrogen-bond donors (Lipinski definition) is 1. The number of anilines is 1. The van der Waals surface area contributed by atoms with Crippen LogP contribution in [-0.2, 0) is 9.53 Å². The van der Waals surface area contributed by atoms with Crippen LogP contribution in [0, 0.1) is 5.41 Å². The lowest BCUT2D eigenvalue weighted by Gasteiger charge is -2.31. The van der Waals surface area contributed by atoms with Crippen LogP contribution in [0.1, 0.15) is 30.1 Å². The summed E-state index contributed by atoms with van der Waals surface area (Å²) in [6, 6.07) is 4.38. The molecule has 2 aliphatic rings. The highest BCUT2D eigenvalue weighted by Crippen LogP contribution is 2.42. The Labute approximate surface area is 133 Å². The highest BCUT2D eigenvalue weighted by atomic mass is 16.5. The van der Waals surface area contributed by atoms with E-state index < -0.39 is 11.4 Å². The van der Waals surface area contributed by atoms with Crippen molar-refractivity contribution in [3.05, 3.63) is 23.8 Å². The molecule has 1 aromatic carbocycles. The molecule has 2 aliphatic heterocycles. The van der Waals surface area contributed by atoms with Gasteiger partial charge in [-0.1, -0.05) is 0 Å². The Bertz CT molecular complexity index is 692. The first-order valence-corrected chi connectivity index (χ1v) is 7.39. The van der Waals surface area contributed by atoms with E-state index in [1.807, 2.05) is 6.92 Å². The van der Waals surface area contributed by atoms with E-state index in [-0.39, 0.29) is 11.5 Å². The summed E-state index contributed by atoms with van der Waals surface area (Å²) < 4.78 is 10.6. The Morgan fingerprint density at radius 1 is 1.39 bits per heavy atom. The number of ether oxygens (including phenoxy) is 2. The molecule has 1 saturated heterocycles. The summed E-state index contributed by atoms with van der Waals surface area (Å²) in [5, 5.41) is 14.8. The maximum absolute atomic E-state index is 13.0. The summed E-state index contributed by atoms with van der Waals surface area (Å²) in [5.41, 5.74) is 0.688. The average molecular weight is 318 g/mol. The zero-order valence-corrected chi connectivity index (χ0v) is 13.0. The molecule has 0 aliphatic carbocycles. The predicted octanol–water partition coefficient (Wildman–Crippen LogP) is 1.91. The Kier molecular flexibility index (Phi) is 3.81. The van der Waals surface area contributed by atoms with Crippen molar-refractivity contribution in [1.82, 2.24) is 0 Å². The number of hydrogen-bond acceptors (Lipinski definition) is 5. The number of carbonyl (C=O) groups is 2. The van der Waals surface area contributed by atoms with Gasteiger partial charge in [0.15, 0.2) is 0 Å². The van der Waals surface area contributed by atoms with Gasteiger partial charge in [-0.15, -0.1) is 0 Å². The van der Waals surface area contributed by atoms with E-state index >= 15 is 0 Å². The van der Waals surface area contributed by atoms with Gasteiger partial charge in [-0.05, 0) is 38.0 Å². The normalized spacial score (nSPS) is 19.8. The predicted molar refractivity (Wildman–Crippen MR) is 83.0 cm³/mol. The van der Waals surface area contributed by atoms with Crippen molar-refractivity contribution in [2.24, 2.45) is 10.5 Å². The lowest BCUT2D eigenvalue weighted by atomic mass is 9.76. The molecule has 0 saturated carbocycles. The Hall–Kier alpha value is -2.41. The van der Waals surface area contributed by atoms with Gasteiger partial charge in [0.1, 0.15) is 11.4 Å². The lowest BCUT2D eigenvalue weighted by Crippen LogP contribution is -2.43. The van der Waals surface area contributed by atoms with Crippen LogP contribution in [0.2, 0.25) is 0 Å². The molecule has 1 aromatic rings. The fraction of sp³-hybridized carbons (Fsp3) is 0.438. The molecular formula is C16H18N2O5. The number of carboxylic acids is 1. The molecule has 122 valence electrons. The molecular weight excluding hydrogens is 300 g/mol. The summed E-state index contributed by atoms with van der Waals surface area (Å²) >= 11 is 0. The van der Waals surface area contributed by atoms with Crippen molar-refractivity contribution in [1.29, 1.82) is 0 Å². The van der Waals surface area contributed by atoms with Crippen molar-refractivity contribution in [3.63, 3.8) is 0 Å². The molecule has 0 bridgehead atoms. The van der Waals surface area contributed by atoms with Crippen LogP contribution in [0.25, 0.3) is 0 Å². The van der Waals surface area contributed by atoms with E-state index in [2.05, 4.69) is 5.10 Å². The third-order valence-corrected chi connectivity index (χ3v) is 4.55. The molecule has 1 N–H and O–H groups in total. The second-order valence-electron chi connectivity index (χ2n) is 5.69. The van der Waals surface area contributed by atoms with Crippen molar-refractivity contribution in [2.75, 3.05) is 25.3 Å². The molecule has 3 rings (SSSR count). The maximum Gasteiger partial charge on any atom is 0.335 e. The van der Waals surface area contributed by atoms with E-state index in [0.29, 0.717) is 37.5 Å². The van der Waals surface area contributed by atoms with Crippen LogP contribution in [0.5, 0.6) is 5.75 Å². The summed E-state index contributed by atoms with van der Waals surface area (Å²) in [4.78, 5) is 24.0. The molecule has 1 fully saturated rings. The molecule has 7 heteroatoms. The monoisotopic (exact) mass is 318 g/mol. The number of methoxy groups -OCH3 is 1. The van der Waals surface area contributed by atoms with Gasteiger partial charge in [-0.3, -0.25) is 4.79 Å². The quantitative estimate of drug-likeness (QED) is 0.919. The molecule has 0 radical (unpaired) electrons. The smallest absolute Gasteiger partial charge is 0.335 e. The number of amides is 1. The minimum absolute atomic E-state index is 0.0960. The highest BCUT2D eigenvalue weighted by Gasteiger charge is 2.50. The first kappa shape index (κ1) is 15.5. The van der Waals surface area contributed by atoms with Crippen LogP contribution in [0.3, 0.4) is 0 Å². The number of carboxylic acid groups (broad SMARTS) is 1. The number of benzene rings is 1. The van der Waals surface area contributed by atoms with E-state index in [9.17, 15) is 9.59 Å². The largest absolute Gasteiger partial charge is 0.494 e. The topological polar surface area (TPSA) is 88.4 Å². The number of aromatic carboxylic acids is 1. The minimum Gasteiger partial charge on any atom is -0.494 e. The Morgan fingerprint density at radius 3 is 2.70 bits per heavy atom. The summed E-state index contributed by atoms with van der Waals surface area (Å²) in [6.07, 6.45) is 1.21. The van der Waals surface area contributed by atoms with Gasteiger partial charge in [0.25, 0.3) is 5.91 Å². The number of nitrogens with zero attached hydrogens (tertiary/aromatic N) is 2. The molecule has 0 aromatic heterocycles. The van der Waals surface area contributed by atoms with Gasteiger partial charge in [-0.2, -0.15) is 10.1 Å². The molecule has 7 nitrogen and oxygen atoms in total. The number of carbonyl (C=O) groups excluding carboxylic acids is 1. The van der Waals surface area contributed by atoms with Gasteiger partial charge in [0.2, 0.25) is 0 Å². The van der Waals surface area contributed by atoms with Crippen LogP contribution in [0.4, 0.5) is 5.69 Å². The third kappa shape index (κ3) is 2.37. The fourth-order valence-electron chi connectivity index (χ4n) is 3.09. The first-order valence-electron chi connectivity index (χ1n) is 7.39. The van der Waals surface area contributed by atoms with E-state index in [4.69, 9.17) is 14.6 Å². The van der Waals surface area contributed by atoms with Crippen LogP contribution in [-0.4, -0.2) is 43.0 Å². The zero-order chi connectivity index (χ0) is 16.6. The van der Waals surface area contributed by atoms with E-state index in [1.54, 1.807) is 6.07 Å². The molecule has 0 atom stereocenters. The Morgan fingerprint density at radius 2 is 2.09 bits per heavy atom. The molecule has 0 unspecified atom stereocenters. The van der Waals surface area contributed by atoms with Gasteiger partial charge >= 0.3 is 5.97 Å². The van der Waals surface area contributed by atoms with Gasteiger partial charge in [0, 0.05) is 13.2 Å². The number of hydrazone groups is 1. The van der Waals surface area contributed by atoms with Gasteiger partial charge in [-0.25, -0.2) is 4.79 Å². The first-order chi connectivity index (χ1) is 11.0. The minimum atomic E-state index is -1.05. The van der Waals surface area contributed by atoms with Crippen molar-refractivity contribution in [3.8, 4) is 5.75 Å². The van der Waals surface area contributed by atoms with Crippen molar-refractivity contribution < 1.29 is 24.2 Å². The SMILES string of the molecule is COc1cc(C(=O)O)ccc1N1N=C(C)C2(CCOCC2)C1=O. The molecule has 2 heterocycles. The van der Waals surface area contributed by atoms with Gasteiger partial charge < -0.3 is 14.6 Å². The second-order valence-corrected chi connectivity index (χ2v) is 5.69. The summed E-state index contributed by atoms with van der Waals surface area (Å²) in [7, 11) is 1.44. The van der Waals surface area contributed by atoms with E-state index in [1.165, 1.54) is 24.3 Å². The maximum atomic E-state index is 13.0. The third-order valence-electron chi connectivity index (χ3n) is 4.55. The average Bonchev–Trinajstić information content (AvgIpc) is 2.80. The summed E-state index contributed by atoms with van der Waals surface area (Å²) in [6.45, 7) is 2.91. The van der Waals surface area contributed by atoms with Gasteiger partial charge in [0.05, 0.1) is 23.8 Å². The van der Waals surface area contributed by atoms with Crippen molar-refractivity contribution in [2.45, 2.75) is 19.8 Å². The zero-order valence-electron chi connectivity index (χ0n) is 13.0. The Balaban J connectivity index is 2.00. The molecule has 23 heavy (non-hydrogen) atoms. The van der Waals surface area contributed by atoms with Crippen molar-refractivity contribution >= 4 is 23.3 Å². The molecule has 1 amide bonds. The summed E-state index contributed by atoms with van der Waals surface area (Å²) in [5.74, 6) is -0.859. The van der Waals surface area contributed by atoms with Crippen LogP contribution in [0.15, 0.2) is 23.3 Å². The van der Waals surface area contributed by atoms with E-state index in [0.717, 1.165) is 5.71 Å².